The number of hydrogen-bond acceptors (Lipinski definition) is 2. The van der Waals surface area contributed by atoms with Gasteiger partial charge in [0.15, 0.2) is 0 Å². The lowest BCUT2D eigenvalue weighted by Gasteiger charge is -2.13. The zero-order valence-corrected chi connectivity index (χ0v) is 7.77. The first-order valence-electron chi connectivity index (χ1n) is 3.79. The fourth-order valence-electron chi connectivity index (χ4n) is 0.861. The summed E-state index contributed by atoms with van der Waals surface area (Å²) in [5, 5.41) is 0. The van der Waals surface area contributed by atoms with Crippen LogP contribution in [0, 0.1) is 5.82 Å². The molecule has 1 aromatic rings. The molecule has 1 heterocycles. The fourth-order valence-corrected chi connectivity index (χ4v) is 0.861. The van der Waals surface area contributed by atoms with E-state index in [0.29, 0.717) is 5.76 Å². The molecular weight excluding hydrogens is 159 g/mol. The molecule has 0 unspecified atom stereocenters. The largest absolute Gasteiger partial charge is 0.466 e. The summed E-state index contributed by atoms with van der Waals surface area (Å²) < 4.78 is 22.7. The second kappa shape index (κ2) is 2.81. The van der Waals surface area contributed by atoms with Crippen LogP contribution in [0.15, 0.2) is 10.5 Å². The van der Waals surface area contributed by atoms with Crippen molar-refractivity contribution in [1.82, 2.24) is 0 Å². The van der Waals surface area contributed by atoms with E-state index in [-0.39, 0.29) is 11.4 Å². The van der Waals surface area contributed by atoms with E-state index < -0.39 is 5.82 Å². The van der Waals surface area contributed by atoms with Crippen molar-refractivity contribution in [2.75, 3.05) is 7.11 Å². The Morgan fingerprint density at radius 3 is 2.25 bits per heavy atom. The maximum Gasteiger partial charge on any atom is 0.321 e. The van der Waals surface area contributed by atoms with Gasteiger partial charge in [0.25, 0.3) is 0 Å². The van der Waals surface area contributed by atoms with E-state index in [1.807, 2.05) is 20.8 Å². The lowest BCUT2D eigenvalue weighted by atomic mass is 9.94. The van der Waals surface area contributed by atoms with Crippen LogP contribution in [0.1, 0.15) is 26.5 Å². The second-order valence-corrected chi connectivity index (χ2v) is 3.70. The van der Waals surface area contributed by atoms with Gasteiger partial charge in [0, 0.05) is 11.5 Å². The minimum atomic E-state index is -0.442. The zero-order chi connectivity index (χ0) is 9.35. The van der Waals surface area contributed by atoms with Crippen molar-refractivity contribution in [3.8, 4) is 5.95 Å². The van der Waals surface area contributed by atoms with Crippen molar-refractivity contribution in [1.29, 1.82) is 0 Å². The van der Waals surface area contributed by atoms with Gasteiger partial charge in [-0.1, -0.05) is 20.8 Å². The predicted octanol–water partition coefficient (Wildman–Crippen LogP) is 2.72. The Bertz CT molecular complexity index is 271. The molecule has 0 aliphatic heterocycles. The Kier molecular flexibility index (Phi) is 2.13. The average molecular weight is 172 g/mol. The summed E-state index contributed by atoms with van der Waals surface area (Å²) in [4.78, 5) is 0. The van der Waals surface area contributed by atoms with Crippen LogP contribution in [0.5, 0.6) is 5.95 Å². The van der Waals surface area contributed by atoms with Crippen molar-refractivity contribution < 1.29 is 13.5 Å². The summed E-state index contributed by atoms with van der Waals surface area (Å²) in [5.74, 6) is 0.110. The molecule has 0 N–H and O–H groups in total. The molecule has 0 aromatic carbocycles. The number of hydrogen-bond donors (Lipinski definition) is 0. The first kappa shape index (κ1) is 9.10. The molecule has 0 radical (unpaired) electrons. The van der Waals surface area contributed by atoms with Gasteiger partial charge in [-0.3, -0.25) is 0 Å². The lowest BCUT2D eigenvalue weighted by Crippen LogP contribution is -2.09. The summed E-state index contributed by atoms with van der Waals surface area (Å²) in [6, 6.07) is 1.36. The van der Waals surface area contributed by atoms with Gasteiger partial charge >= 0.3 is 5.95 Å². The average Bonchev–Trinajstić information content (AvgIpc) is 2.29. The van der Waals surface area contributed by atoms with Crippen LogP contribution in [-0.4, -0.2) is 7.11 Å². The van der Waals surface area contributed by atoms with E-state index in [0.717, 1.165) is 0 Å². The molecule has 0 spiro atoms. The molecule has 1 rings (SSSR count). The molecule has 0 bridgehead atoms. The Morgan fingerprint density at radius 1 is 1.42 bits per heavy atom. The molecule has 1 aromatic heterocycles. The molecule has 0 fully saturated rings. The molecule has 68 valence electrons. The van der Waals surface area contributed by atoms with Crippen LogP contribution < -0.4 is 4.74 Å². The summed E-state index contributed by atoms with van der Waals surface area (Å²) in [6.07, 6.45) is 0. The van der Waals surface area contributed by atoms with Gasteiger partial charge < -0.3 is 9.15 Å². The number of rotatable bonds is 1. The first-order valence-corrected chi connectivity index (χ1v) is 3.79. The SMILES string of the molecule is COc1oc(C(C)(C)C)cc1F. The fraction of sp³-hybridized carbons (Fsp3) is 0.556. The van der Waals surface area contributed by atoms with Crippen LogP contribution in [0.3, 0.4) is 0 Å². The topological polar surface area (TPSA) is 22.4 Å². The minimum Gasteiger partial charge on any atom is -0.466 e. The van der Waals surface area contributed by atoms with Gasteiger partial charge in [-0.15, -0.1) is 0 Å². The van der Waals surface area contributed by atoms with Crippen LogP contribution in [0.4, 0.5) is 4.39 Å². The Hall–Kier alpha value is -0.990. The van der Waals surface area contributed by atoms with E-state index in [9.17, 15) is 4.39 Å². The Morgan fingerprint density at radius 2 is 2.00 bits per heavy atom. The molecule has 3 heteroatoms. The number of methoxy groups -OCH3 is 1. The van der Waals surface area contributed by atoms with E-state index in [1.165, 1.54) is 13.2 Å². The summed E-state index contributed by atoms with van der Waals surface area (Å²) in [5.41, 5.74) is -0.183. The highest BCUT2D eigenvalue weighted by molar-refractivity contribution is 5.19. The molecule has 0 amide bonds. The van der Waals surface area contributed by atoms with Gasteiger partial charge in [0.1, 0.15) is 5.76 Å². The third kappa shape index (κ3) is 1.60. The summed E-state index contributed by atoms with van der Waals surface area (Å²) in [6.45, 7) is 5.85. The highest BCUT2D eigenvalue weighted by Gasteiger charge is 2.22. The highest BCUT2D eigenvalue weighted by atomic mass is 19.1. The van der Waals surface area contributed by atoms with E-state index in [2.05, 4.69) is 4.74 Å². The van der Waals surface area contributed by atoms with Crippen LogP contribution in [0.25, 0.3) is 0 Å². The molecular formula is C9H13FO2. The van der Waals surface area contributed by atoms with Gasteiger partial charge in [-0.2, -0.15) is 4.39 Å². The van der Waals surface area contributed by atoms with Crippen molar-refractivity contribution in [2.24, 2.45) is 0 Å². The van der Waals surface area contributed by atoms with E-state index in [1.54, 1.807) is 0 Å². The van der Waals surface area contributed by atoms with Gasteiger partial charge in [-0.25, -0.2) is 0 Å². The van der Waals surface area contributed by atoms with Crippen LogP contribution >= 0.6 is 0 Å². The molecule has 0 aliphatic rings. The van der Waals surface area contributed by atoms with Crippen molar-refractivity contribution >= 4 is 0 Å². The smallest absolute Gasteiger partial charge is 0.321 e. The third-order valence-electron chi connectivity index (χ3n) is 1.58. The number of furan rings is 1. The molecule has 0 saturated heterocycles. The zero-order valence-electron chi connectivity index (χ0n) is 7.77. The molecule has 0 aliphatic carbocycles. The normalized spacial score (nSPS) is 11.8. The second-order valence-electron chi connectivity index (χ2n) is 3.70. The summed E-state index contributed by atoms with van der Waals surface area (Å²) in [7, 11) is 1.38. The summed E-state index contributed by atoms with van der Waals surface area (Å²) >= 11 is 0. The molecule has 0 atom stereocenters. The van der Waals surface area contributed by atoms with Gasteiger partial charge in [-0.05, 0) is 0 Å². The lowest BCUT2D eigenvalue weighted by molar-refractivity contribution is 0.263. The van der Waals surface area contributed by atoms with Crippen molar-refractivity contribution in [3.05, 3.63) is 17.6 Å². The Balaban J connectivity index is 3.05. The number of ether oxygens (including phenoxy) is 1. The third-order valence-corrected chi connectivity index (χ3v) is 1.58. The number of halogens is 1. The maximum absolute atomic E-state index is 12.9. The van der Waals surface area contributed by atoms with E-state index >= 15 is 0 Å². The van der Waals surface area contributed by atoms with E-state index in [4.69, 9.17) is 4.42 Å². The minimum absolute atomic E-state index is 0.0417. The van der Waals surface area contributed by atoms with Crippen molar-refractivity contribution in [3.63, 3.8) is 0 Å². The molecule has 2 nitrogen and oxygen atoms in total. The van der Waals surface area contributed by atoms with Crippen LogP contribution in [-0.2, 0) is 5.41 Å². The predicted molar refractivity (Wildman–Crippen MR) is 43.9 cm³/mol. The van der Waals surface area contributed by atoms with Gasteiger partial charge in [0.05, 0.1) is 7.11 Å². The molecule has 0 saturated carbocycles. The molecule has 12 heavy (non-hydrogen) atoms. The van der Waals surface area contributed by atoms with Crippen molar-refractivity contribution in [2.45, 2.75) is 26.2 Å². The van der Waals surface area contributed by atoms with Crippen LogP contribution in [0.2, 0.25) is 0 Å². The quantitative estimate of drug-likeness (QED) is 0.649. The Labute approximate surface area is 71.3 Å². The monoisotopic (exact) mass is 172 g/mol. The highest BCUT2D eigenvalue weighted by Crippen LogP contribution is 2.30. The first-order chi connectivity index (χ1) is 5.45. The maximum atomic E-state index is 12.9. The van der Waals surface area contributed by atoms with Gasteiger partial charge in [0.2, 0.25) is 5.82 Å². The standard InChI is InChI=1S/C9H13FO2/c1-9(2,3)7-5-6(10)8(11-4)12-7/h5H,1-4H3.